The molecule has 1 heterocycles. The van der Waals surface area contributed by atoms with E-state index in [1.54, 1.807) is 12.1 Å². The second-order valence-electron chi connectivity index (χ2n) is 4.56. The van der Waals surface area contributed by atoms with Gasteiger partial charge in [-0.1, -0.05) is 17.4 Å². The number of benzene rings is 2. The van der Waals surface area contributed by atoms with Crippen LogP contribution in [0.25, 0.3) is 10.2 Å². The molecule has 0 spiro atoms. The number of anilines is 2. The maximum absolute atomic E-state index is 11.9. The Kier molecular flexibility index (Phi) is 3.77. The number of carbonyl (C=O) groups is 1. The number of fused-ring (bicyclic) bond motifs is 1. The van der Waals surface area contributed by atoms with Crippen LogP contribution in [-0.4, -0.2) is 21.0 Å². The van der Waals surface area contributed by atoms with E-state index in [0.29, 0.717) is 21.0 Å². The summed E-state index contributed by atoms with van der Waals surface area (Å²) in [6.45, 7) is 0. The molecule has 0 aliphatic rings. The Morgan fingerprint density at radius 2 is 2.04 bits per heavy atom. The van der Waals surface area contributed by atoms with E-state index in [-0.39, 0.29) is 11.4 Å². The van der Waals surface area contributed by atoms with Gasteiger partial charge in [-0.3, -0.25) is 15.4 Å². The minimum absolute atomic E-state index is 0.0306. The highest BCUT2D eigenvalue weighted by Gasteiger charge is 2.12. The molecule has 0 aliphatic carbocycles. The molecule has 1 aromatic heterocycles. The molecule has 2 amide bonds. The van der Waals surface area contributed by atoms with Crippen LogP contribution in [-0.2, 0) is 0 Å². The molecule has 0 saturated carbocycles. The van der Waals surface area contributed by atoms with Gasteiger partial charge in [0.25, 0.3) is 5.69 Å². The van der Waals surface area contributed by atoms with Gasteiger partial charge in [0.1, 0.15) is 5.75 Å². The summed E-state index contributed by atoms with van der Waals surface area (Å²) in [5.74, 6) is 0.0371. The van der Waals surface area contributed by atoms with Gasteiger partial charge in [-0.15, -0.1) is 0 Å². The number of nitrogens with one attached hydrogen (secondary N) is 2. The second-order valence-corrected chi connectivity index (χ2v) is 5.59. The van der Waals surface area contributed by atoms with Gasteiger partial charge in [0.2, 0.25) is 0 Å². The number of carbonyl (C=O) groups excluding carboxylic acids is 1. The molecule has 0 unspecified atom stereocenters. The normalized spacial score (nSPS) is 10.4. The summed E-state index contributed by atoms with van der Waals surface area (Å²) in [5, 5.41) is 25.5. The lowest BCUT2D eigenvalue weighted by Crippen LogP contribution is -2.19. The number of aromatic nitrogens is 1. The van der Waals surface area contributed by atoms with Crippen molar-refractivity contribution in [3.05, 3.63) is 52.6 Å². The van der Waals surface area contributed by atoms with Crippen LogP contribution >= 0.6 is 11.3 Å². The number of hydrogen-bond acceptors (Lipinski definition) is 6. The molecule has 116 valence electrons. The van der Waals surface area contributed by atoms with Gasteiger partial charge in [-0.25, -0.2) is 9.78 Å². The molecule has 3 aromatic rings. The van der Waals surface area contributed by atoms with Gasteiger partial charge in [-0.05, 0) is 18.2 Å². The lowest BCUT2D eigenvalue weighted by Gasteiger charge is -2.05. The van der Waals surface area contributed by atoms with Crippen LogP contribution < -0.4 is 10.6 Å². The molecule has 3 N–H and O–H groups in total. The van der Waals surface area contributed by atoms with Crippen molar-refractivity contribution >= 4 is 44.1 Å². The number of nitrogens with zero attached hydrogens (tertiary/aromatic N) is 2. The Morgan fingerprint density at radius 3 is 2.78 bits per heavy atom. The summed E-state index contributed by atoms with van der Waals surface area (Å²) < 4.78 is 0.604. The van der Waals surface area contributed by atoms with E-state index in [1.165, 1.54) is 30.3 Å². The Balaban J connectivity index is 1.75. The van der Waals surface area contributed by atoms with E-state index in [4.69, 9.17) is 0 Å². The summed E-state index contributed by atoms with van der Waals surface area (Å²) in [4.78, 5) is 26.4. The van der Waals surface area contributed by atoms with Crippen LogP contribution in [0.15, 0.2) is 42.5 Å². The van der Waals surface area contributed by atoms with Crippen LogP contribution in [0.2, 0.25) is 0 Å². The molecule has 0 atom stereocenters. The Labute approximate surface area is 133 Å². The third-order valence-electron chi connectivity index (χ3n) is 2.91. The first-order valence-electron chi connectivity index (χ1n) is 6.43. The van der Waals surface area contributed by atoms with Crippen LogP contribution in [0.3, 0.4) is 0 Å². The number of thiazole rings is 1. The smallest absolute Gasteiger partial charge is 0.325 e. The number of hydrogen-bond donors (Lipinski definition) is 3. The molecule has 0 bridgehead atoms. The number of amides is 2. The highest BCUT2D eigenvalue weighted by Crippen LogP contribution is 2.29. The predicted octanol–water partition coefficient (Wildman–Crippen LogP) is 3.55. The number of phenols is 1. The lowest BCUT2D eigenvalue weighted by molar-refractivity contribution is -0.384. The van der Waals surface area contributed by atoms with Gasteiger partial charge in [0.15, 0.2) is 5.13 Å². The zero-order valence-electron chi connectivity index (χ0n) is 11.5. The number of nitro groups is 1. The maximum Gasteiger partial charge on any atom is 0.325 e. The van der Waals surface area contributed by atoms with E-state index in [9.17, 15) is 20.0 Å². The average molecular weight is 330 g/mol. The van der Waals surface area contributed by atoms with Crippen molar-refractivity contribution in [2.24, 2.45) is 0 Å². The first-order valence-corrected chi connectivity index (χ1v) is 7.25. The van der Waals surface area contributed by atoms with Crippen molar-refractivity contribution < 1.29 is 14.8 Å². The first kappa shape index (κ1) is 14.7. The minimum Gasteiger partial charge on any atom is -0.508 e. The molecule has 23 heavy (non-hydrogen) atoms. The molecule has 0 fully saturated rings. The SMILES string of the molecule is O=C(Nc1cccc(O)c1)Nc1nc2ccc([N+](=O)[O-])cc2s1. The van der Waals surface area contributed by atoms with Gasteiger partial charge < -0.3 is 10.4 Å². The summed E-state index contributed by atoms with van der Waals surface area (Å²) in [5.41, 5.74) is 0.962. The molecule has 9 heteroatoms. The van der Waals surface area contributed by atoms with E-state index < -0.39 is 11.0 Å². The number of non-ortho nitro benzene ring substituents is 1. The second kappa shape index (κ2) is 5.89. The Bertz CT molecular complexity index is 909. The molecule has 2 aromatic carbocycles. The van der Waals surface area contributed by atoms with Gasteiger partial charge in [0, 0.05) is 23.9 Å². The van der Waals surface area contributed by atoms with E-state index in [0.717, 1.165) is 11.3 Å². The zero-order valence-corrected chi connectivity index (χ0v) is 12.3. The van der Waals surface area contributed by atoms with Crippen LogP contribution in [0.4, 0.5) is 21.3 Å². The number of urea groups is 1. The van der Waals surface area contributed by atoms with Crippen molar-refractivity contribution in [3.63, 3.8) is 0 Å². The quantitative estimate of drug-likeness (QED) is 0.501. The van der Waals surface area contributed by atoms with Crippen LogP contribution in [0.1, 0.15) is 0 Å². The van der Waals surface area contributed by atoms with Crippen LogP contribution in [0, 0.1) is 10.1 Å². The molecular weight excluding hydrogens is 320 g/mol. The maximum atomic E-state index is 11.9. The summed E-state index contributed by atoms with van der Waals surface area (Å²) >= 11 is 1.13. The lowest BCUT2D eigenvalue weighted by atomic mass is 10.3. The summed E-state index contributed by atoms with van der Waals surface area (Å²) in [6.07, 6.45) is 0. The van der Waals surface area contributed by atoms with Gasteiger partial charge in [0.05, 0.1) is 15.1 Å². The Morgan fingerprint density at radius 1 is 1.22 bits per heavy atom. The fourth-order valence-electron chi connectivity index (χ4n) is 1.92. The number of nitro benzene ring substituents is 1. The minimum atomic E-state index is -0.524. The predicted molar refractivity (Wildman–Crippen MR) is 87.0 cm³/mol. The van der Waals surface area contributed by atoms with Crippen molar-refractivity contribution in [1.82, 2.24) is 4.98 Å². The van der Waals surface area contributed by atoms with Crippen molar-refractivity contribution in [1.29, 1.82) is 0 Å². The number of rotatable bonds is 3. The van der Waals surface area contributed by atoms with Crippen molar-refractivity contribution in [2.45, 2.75) is 0 Å². The van der Waals surface area contributed by atoms with Gasteiger partial charge >= 0.3 is 6.03 Å². The molecule has 0 saturated heterocycles. The highest BCUT2D eigenvalue weighted by molar-refractivity contribution is 7.22. The van der Waals surface area contributed by atoms with Gasteiger partial charge in [-0.2, -0.15) is 0 Å². The van der Waals surface area contributed by atoms with Crippen LogP contribution in [0.5, 0.6) is 5.75 Å². The molecule has 3 rings (SSSR count). The molecule has 8 nitrogen and oxygen atoms in total. The fraction of sp³-hybridized carbons (Fsp3) is 0. The summed E-state index contributed by atoms with van der Waals surface area (Å²) in [6, 6.07) is 9.89. The molecular formula is C14H10N4O4S. The van der Waals surface area contributed by atoms with Crippen molar-refractivity contribution in [3.8, 4) is 5.75 Å². The number of aromatic hydroxyl groups is 1. The third-order valence-corrected chi connectivity index (χ3v) is 3.84. The largest absolute Gasteiger partial charge is 0.508 e. The topological polar surface area (TPSA) is 117 Å². The molecule has 0 radical (unpaired) electrons. The monoisotopic (exact) mass is 330 g/mol. The number of phenolic OH excluding ortho intramolecular Hbond substituents is 1. The zero-order chi connectivity index (χ0) is 16.4. The Hall–Kier alpha value is -3.20. The highest BCUT2D eigenvalue weighted by atomic mass is 32.1. The third kappa shape index (κ3) is 3.35. The summed E-state index contributed by atoms with van der Waals surface area (Å²) in [7, 11) is 0. The fourth-order valence-corrected chi connectivity index (χ4v) is 2.82. The molecule has 0 aliphatic heterocycles. The van der Waals surface area contributed by atoms with E-state index >= 15 is 0 Å². The first-order chi connectivity index (χ1) is 11.0. The van der Waals surface area contributed by atoms with Crippen molar-refractivity contribution in [2.75, 3.05) is 10.6 Å². The average Bonchev–Trinajstić information content (AvgIpc) is 2.87. The van der Waals surface area contributed by atoms with E-state index in [2.05, 4.69) is 15.6 Å². The van der Waals surface area contributed by atoms with E-state index in [1.807, 2.05) is 0 Å². The standard InChI is InChI=1S/C14H10N4O4S/c19-10-3-1-2-8(6-10)15-13(20)17-14-16-11-5-4-9(18(21)22)7-12(11)23-14/h1-7,19H,(H2,15,16,17,20).